The van der Waals surface area contributed by atoms with Crippen LogP contribution in [0.1, 0.15) is 25.6 Å². The number of hydrogen-bond donors (Lipinski definition) is 1. The van der Waals surface area contributed by atoms with E-state index < -0.39 is 0 Å². The second kappa shape index (κ2) is 5.31. The number of nitrogens with two attached hydrogens (primary N) is 1. The van der Waals surface area contributed by atoms with Crippen LogP contribution in [0.4, 0.5) is 5.69 Å². The van der Waals surface area contributed by atoms with Crippen molar-refractivity contribution in [2.45, 2.75) is 26.5 Å². The van der Waals surface area contributed by atoms with Crippen molar-refractivity contribution in [3.8, 4) is 5.75 Å². The molecule has 5 heteroatoms. The summed E-state index contributed by atoms with van der Waals surface area (Å²) < 4.78 is 7.50. The molecule has 1 heterocycles. The van der Waals surface area contributed by atoms with Crippen molar-refractivity contribution in [1.29, 1.82) is 0 Å². The van der Waals surface area contributed by atoms with E-state index in [0.717, 1.165) is 5.69 Å². The van der Waals surface area contributed by atoms with Crippen molar-refractivity contribution in [2.75, 3.05) is 5.73 Å². The Kier molecular flexibility index (Phi) is 3.77. The highest BCUT2D eigenvalue weighted by molar-refractivity contribution is 6.32. The minimum absolute atomic E-state index is 0.337. The number of nitrogen functional groups attached to an aromatic ring is 1. The summed E-state index contributed by atoms with van der Waals surface area (Å²) in [5.74, 6) is 0.512. The van der Waals surface area contributed by atoms with Crippen LogP contribution in [0.5, 0.6) is 5.75 Å². The molecule has 1 aromatic carbocycles. The van der Waals surface area contributed by atoms with Crippen LogP contribution in [-0.4, -0.2) is 9.78 Å². The molecule has 2 rings (SSSR count). The van der Waals surface area contributed by atoms with Crippen LogP contribution in [0.15, 0.2) is 30.5 Å². The van der Waals surface area contributed by atoms with Crippen LogP contribution < -0.4 is 10.5 Å². The molecule has 0 unspecified atom stereocenters. The molecule has 0 bridgehead atoms. The van der Waals surface area contributed by atoms with Gasteiger partial charge in [0.05, 0.1) is 16.4 Å². The van der Waals surface area contributed by atoms with Gasteiger partial charge in [0, 0.05) is 12.2 Å². The molecule has 96 valence electrons. The first-order valence-corrected chi connectivity index (χ1v) is 6.16. The van der Waals surface area contributed by atoms with E-state index in [-0.39, 0.29) is 0 Å². The molecular weight excluding hydrogens is 250 g/mol. The first-order chi connectivity index (χ1) is 8.58. The third-order valence-corrected chi connectivity index (χ3v) is 2.85. The Morgan fingerprint density at radius 1 is 1.39 bits per heavy atom. The molecule has 0 saturated heterocycles. The molecule has 1 aromatic heterocycles. The van der Waals surface area contributed by atoms with Crippen LogP contribution in [0.25, 0.3) is 0 Å². The largest absolute Gasteiger partial charge is 0.483 e. The van der Waals surface area contributed by atoms with E-state index in [1.165, 1.54) is 0 Å². The van der Waals surface area contributed by atoms with Crippen molar-refractivity contribution < 1.29 is 4.74 Å². The fraction of sp³-hybridized carbons (Fsp3) is 0.308. The van der Waals surface area contributed by atoms with Gasteiger partial charge in [-0.15, -0.1) is 0 Å². The average Bonchev–Trinajstić information content (AvgIpc) is 2.77. The van der Waals surface area contributed by atoms with Crippen molar-refractivity contribution in [3.63, 3.8) is 0 Å². The third-order valence-electron chi connectivity index (χ3n) is 2.55. The molecule has 0 saturated carbocycles. The maximum absolute atomic E-state index is 6.02. The van der Waals surface area contributed by atoms with Crippen LogP contribution in [0, 0.1) is 0 Å². The Labute approximate surface area is 111 Å². The van der Waals surface area contributed by atoms with E-state index in [1.807, 2.05) is 16.9 Å². The second-order valence-electron chi connectivity index (χ2n) is 4.33. The van der Waals surface area contributed by atoms with E-state index in [1.54, 1.807) is 18.2 Å². The Balaban J connectivity index is 2.07. The minimum Gasteiger partial charge on any atom is -0.483 e. The van der Waals surface area contributed by atoms with Crippen molar-refractivity contribution in [1.82, 2.24) is 9.78 Å². The Bertz CT molecular complexity index is 517. The Morgan fingerprint density at radius 3 is 2.78 bits per heavy atom. The number of hydrogen-bond acceptors (Lipinski definition) is 3. The zero-order valence-electron chi connectivity index (χ0n) is 10.4. The lowest BCUT2D eigenvalue weighted by atomic mass is 10.3. The SMILES string of the molecule is CC(C)n1ccc(COc2c(N)cccc2Cl)n1. The molecule has 0 spiro atoms. The van der Waals surface area contributed by atoms with Crippen molar-refractivity contribution in [2.24, 2.45) is 0 Å². The predicted octanol–water partition coefficient (Wildman–Crippen LogP) is 3.28. The van der Waals surface area contributed by atoms with Crippen LogP contribution in [0.2, 0.25) is 5.02 Å². The lowest BCUT2D eigenvalue weighted by Gasteiger charge is -2.09. The molecule has 0 aliphatic rings. The summed E-state index contributed by atoms with van der Waals surface area (Å²) in [6.07, 6.45) is 1.93. The molecule has 0 radical (unpaired) electrons. The minimum atomic E-state index is 0.337. The topological polar surface area (TPSA) is 53.1 Å². The highest BCUT2D eigenvalue weighted by atomic mass is 35.5. The number of benzene rings is 1. The maximum atomic E-state index is 6.02. The van der Waals surface area contributed by atoms with Gasteiger partial charge in [-0.3, -0.25) is 4.68 Å². The van der Waals surface area contributed by atoms with Crippen LogP contribution >= 0.6 is 11.6 Å². The van der Waals surface area contributed by atoms with Gasteiger partial charge in [-0.1, -0.05) is 17.7 Å². The van der Waals surface area contributed by atoms with Gasteiger partial charge in [-0.05, 0) is 32.0 Å². The molecule has 4 nitrogen and oxygen atoms in total. The number of halogens is 1. The van der Waals surface area contributed by atoms with Crippen molar-refractivity contribution >= 4 is 17.3 Å². The normalized spacial score (nSPS) is 10.9. The van der Waals surface area contributed by atoms with E-state index in [2.05, 4.69) is 18.9 Å². The maximum Gasteiger partial charge on any atom is 0.161 e. The number of para-hydroxylation sites is 1. The van der Waals surface area contributed by atoms with E-state index >= 15 is 0 Å². The molecule has 0 aliphatic heterocycles. The molecule has 0 atom stereocenters. The number of rotatable bonds is 4. The summed E-state index contributed by atoms with van der Waals surface area (Å²) in [6, 6.07) is 7.56. The molecule has 0 fully saturated rings. The summed E-state index contributed by atoms with van der Waals surface area (Å²) in [4.78, 5) is 0. The average molecular weight is 266 g/mol. The second-order valence-corrected chi connectivity index (χ2v) is 4.73. The van der Waals surface area contributed by atoms with Gasteiger partial charge in [0.25, 0.3) is 0 Å². The van der Waals surface area contributed by atoms with E-state index in [9.17, 15) is 0 Å². The Hall–Kier alpha value is -1.68. The molecular formula is C13H16ClN3O. The molecule has 0 aliphatic carbocycles. The fourth-order valence-electron chi connectivity index (χ4n) is 1.57. The van der Waals surface area contributed by atoms with Gasteiger partial charge in [0.2, 0.25) is 0 Å². The quantitative estimate of drug-likeness (QED) is 0.863. The zero-order chi connectivity index (χ0) is 13.1. The summed E-state index contributed by atoms with van der Waals surface area (Å²) in [5, 5.41) is 4.90. The number of anilines is 1. The predicted molar refractivity (Wildman–Crippen MR) is 72.8 cm³/mol. The van der Waals surface area contributed by atoms with Gasteiger partial charge in [0.1, 0.15) is 6.61 Å². The fourth-order valence-corrected chi connectivity index (χ4v) is 1.80. The highest BCUT2D eigenvalue weighted by Crippen LogP contribution is 2.31. The lowest BCUT2D eigenvalue weighted by Crippen LogP contribution is -2.04. The first kappa shape index (κ1) is 12.8. The molecule has 2 aromatic rings. The third kappa shape index (κ3) is 2.76. The number of ether oxygens (including phenoxy) is 1. The summed E-state index contributed by atoms with van der Waals surface area (Å²) >= 11 is 6.02. The summed E-state index contributed by atoms with van der Waals surface area (Å²) in [5.41, 5.74) is 7.19. The highest BCUT2D eigenvalue weighted by Gasteiger charge is 2.07. The molecule has 2 N–H and O–H groups in total. The van der Waals surface area contributed by atoms with Gasteiger partial charge in [-0.2, -0.15) is 5.10 Å². The number of aromatic nitrogens is 2. The summed E-state index contributed by atoms with van der Waals surface area (Å²) in [7, 11) is 0. The lowest BCUT2D eigenvalue weighted by molar-refractivity contribution is 0.300. The van der Waals surface area contributed by atoms with Gasteiger partial charge >= 0.3 is 0 Å². The molecule has 0 amide bonds. The van der Waals surface area contributed by atoms with Gasteiger partial charge < -0.3 is 10.5 Å². The van der Waals surface area contributed by atoms with Crippen LogP contribution in [-0.2, 0) is 6.61 Å². The Morgan fingerprint density at radius 2 is 2.17 bits per heavy atom. The smallest absolute Gasteiger partial charge is 0.161 e. The van der Waals surface area contributed by atoms with Crippen molar-refractivity contribution in [3.05, 3.63) is 41.2 Å². The van der Waals surface area contributed by atoms with E-state index in [0.29, 0.717) is 29.1 Å². The standard InChI is InChI=1S/C13H16ClN3O/c1-9(2)17-7-6-10(16-17)8-18-13-11(14)4-3-5-12(13)15/h3-7,9H,8,15H2,1-2H3. The van der Waals surface area contributed by atoms with Gasteiger partial charge in [-0.25, -0.2) is 0 Å². The van der Waals surface area contributed by atoms with Gasteiger partial charge in [0.15, 0.2) is 5.75 Å². The monoisotopic (exact) mass is 265 g/mol. The summed E-state index contributed by atoms with van der Waals surface area (Å²) in [6.45, 7) is 4.50. The van der Waals surface area contributed by atoms with Crippen LogP contribution in [0.3, 0.4) is 0 Å². The first-order valence-electron chi connectivity index (χ1n) is 5.78. The number of nitrogens with zero attached hydrogens (tertiary/aromatic N) is 2. The molecule has 18 heavy (non-hydrogen) atoms. The van der Waals surface area contributed by atoms with E-state index in [4.69, 9.17) is 22.1 Å². The zero-order valence-corrected chi connectivity index (χ0v) is 11.2.